The van der Waals surface area contributed by atoms with Crippen LogP contribution in [0.2, 0.25) is 0 Å². The van der Waals surface area contributed by atoms with Gasteiger partial charge in [-0.2, -0.15) is 0 Å². The van der Waals surface area contributed by atoms with Gasteiger partial charge in [0.15, 0.2) is 70.1 Å². The van der Waals surface area contributed by atoms with Crippen molar-refractivity contribution in [2.75, 3.05) is 6.61 Å². The Bertz CT molecular complexity index is 2400. The van der Waals surface area contributed by atoms with Crippen LogP contribution in [-0.4, -0.2) is 117 Å². The number of cyclic esters (lactones) is 1. The fourth-order valence-corrected chi connectivity index (χ4v) is 5.89. The highest BCUT2D eigenvalue weighted by Gasteiger charge is 2.51. The Morgan fingerprint density at radius 1 is 0.672 bits per heavy atom. The number of hydrogen-bond donors (Lipinski definition) is 11. The van der Waals surface area contributed by atoms with Crippen molar-refractivity contribution in [3.63, 3.8) is 0 Å². The molecule has 0 aliphatic carbocycles. The van der Waals surface area contributed by atoms with E-state index in [1.165, 1.54) is 6.07 Å². The molecule has 2 heterocycles. The van der Waals surface area contributed by atoms with Gasteiger partial charge in [0.1, 0.15) is 12.7 Å². The van der Waals surface area contributed by atoms with Gasteiger partial charge < -0.3 is 79.9 Å². The van der Waals surface area contributed by atoms with Crippen molar-refractivity contribution in [3.8, 4) is 68.6 Å². The van der Waals surface area contributed by atoms with Gasteiger partial charge in [-0.25, -0.2) is 14.4 Å². The van der Waals surface area contributed by atoms with Gasteiger partial charge in [0.25, 0.3) is 0 Å². The third kappa shape index (κ3) is 7.67. The maximum absolute atomic E-state index is 14.0. The molecule has 4 aromatic rings. The van der Waals surface area contributed by atoms with Crippen LogP contribution in [0.15, 0.2) is 66.9 Å². The number of aliphatic hydroxyl groups excluding tert-OH is 1. The molecule has 11 N–H and O–H groups in total. The van der Waals surface area contributed by atoms with Crippen molar-refractivity contribution < 1.29 is 99.0 Å². The third-order valence-electron chi connectivity index (χ3n) is 8.79. The zero-order chi connectivity index (χ0) is 42.2. The summed E-state index contributed by atoms with van der Waals surface area (Å²) < 4.78 is 27.6. The van der Waals surface area contributed by atoms with Crippen molar-refractivity contribution in [3.05, 3.63) is 89.2 Å². The molecule has 5 atom stereocenters. The number of phenols is 10. The molecule has 58 heavy (non-hydrogen) atoms. The molecule has 0 aromatic heterocycles. The topological polar surface area (TPSA) is 337 Å². The van der Waals surface area contributed by atoms with E-state index in [2.05, 4.69) is 0 Å². The first-order chi connectivity index (χ1) is 27.5. The Balaban J connectivity index is 1.41. The molecule has 2 aliphatic heterocycles. The van der Waals surface area contributed by atoms with E-state index in [1.807, 2.05) is 0 Å². The molecule has 0 spiro atoms. The van der Waals surface area contributed by atoms with E-state index < -0.39 is 141 Å². The molecule has 0 amide bonds. The molecular formula is C38H30O20. The van der Waals surface area contributed by atoms with Gasteiger partial charge in [-0.05, 0) is 54.1 Å². The summed E-state index contributed by atoms with van der Waals surface area (Å²) in [5.74, 6) is -14.4. The van der Waals surface area contributed by atoms with E-state index in [0.717, 1.165) is 48.6 Å². The van der Waals surface area contributed by atoms with Crippen LogP contribution in [0.1, 0.15) is 36.6 Å². The van der Waals surface area contributed by atoms with Crippen LogP contribution >= 0.6 is 0 Å². The predicted octanol–water partition coefficient (Wildman–Crippen LogP) is 2.23. The molecule has 2 aliphatic rings. The van der Waals surface area contributed by atoms with Gasteiger partial charge in [-0.15, -0.1) is 0 Å². The van der Waals surface area contributed by atoms with E-state index in [9.17, 15) is 75.3 Å². The fourth-order valence-electron chi connectivity index (χ4n) is 5.89. The summed E-state index contributed by atoms with van der Waals surface area (Å²) in [6.07, 6.45) is -6.28. The molecule has 20 heteroatoms. The Morgan fingerprint density at radius 3 is 1.86 bits per heavy atom. The first-order valence-electron chi connectivity index (χ1n) is 16.5. The molecule has 4 aromatic carbocycles. The van der Waals surface area contributed by atoms with Gasteiger partial charge in [0, 0.05) is 28.8 Å². The van der Waals surface area contributed by atoms with Crippen LogP contribution in [0.4, 0.5) is 0 Å². The summed E-state index contributed by atoms with van der Waals surface area (Å²) in [6, 6.07) is 7.81. The number of phenolic OH excluding ortho intramolecular Hbond substituents is 10. The molecule has 0 radical (unpaired) electrons. The van der Waals surface area contributed by atoms with Crippen LogP contribution in [0.5, 0.6) is 57.5 Å². The Hall–Kier alpha value is -7.84. The average Bonchev–Trinajstić information content (AvgIpc) is 3.20. The number of carbonyl (C=O) groups excluding carboxylic acids is 4. The molecule has 20 nitrogen and oxygen atoms in total. The fraction of sp³-hybridized carbons (Fsp3) is 0.158. The van der Waals surface area contributed by atoms with Crippen molar-refractivity contribution in [2.45, 2.75) is 30.7 Å². The number of aliphatic hydroxyl groups is 1. The standard InChI is InChI=1S/C38H30O20/c39-18(15-3-5-20(41)22(43)10-15)7-8-54-35-33(51)38(57-26(46)6-2-14-1-4-19(40)21(42)9-14)56-25-13-55-36(52)16-11-23(44)29(47)31(49)27(16)28-17(37(53)58-34(25)35)12-24(45)30(48)32(28)50/h1-12,25,33-35,38,40-45,47-51H,13H2. The summed E-state index contributed by atoms with van der Waals surface area (Å²) in [5, 5.41) is 113. The number of benzene rings is 4. The second-order valence-corrected chi connectivity index (χ2v) is 12.5. The van der Waals surface area contributed by atoms with E-state index in [-0.39, 0.29) is 11.1 Å². The first-order valence-corrected chi connectivity index (χ1v) is 16.5. The van der Waals surface area contributed by atoms with E-state index in [0.29, 0.717) is 18.4 Å². The summed E-state index contributed by atoms with van der Waals surface area (Å²) in [4.78, 5) is 53.4. The molecule has 6 rings (SSSR count). The molecular weight excluding hydrogens is 776 g/mol. The maximum atomic E-state index is 14.0. The molecule has 0 saturated carbocycles. The Labute approximate surface area is 323 Å². The number of aromatic hydroxyl groups is 10. The second-order valence-electron chi connectivity index (χ2n) is 12.5. The molecule has 1 saturated heterocycles. The highest BCUT2D eigenvalue weighted by Crippen LogP contribution is 2.53. The van der Waals surface area contributed by atoms with Gasteiger partial charge in [-0.3, -0.25) is 4.79 Å². The van der Waals surface area contributed by atoms with Crippen LogP contribution in [0.3, 0.4) is 0 Å². The van der Waals surface area contributed by atoms with E-state index in [4.69, 9.17) is 23.7 Å². The van der Waals surface area contributed by atoms with Crippen molar-refractivity contribution in [1.29, 1.82) is 0 Å². The molecule has 5 unspecified atom stereocenters. The van der Waals surface area contributed by atoms with Crippen LogP contribution < -0.4 is 0 Å². The first kappa shape index (κ1) is 39.8. The quantitative estimate of drug-likeness (QED) is 0.0318. The van der Waals surface area contributed by atoms with E-state index >= 15 is 0 Å². The summed E-state index contributed by atoms with van der Waals surface area (Å²) >= 11 is 0. The van der Waals surface area contributed by atoms with Crippen molar-refractivity contribution in [2.24, 2.45) is 0 Å². The third-order valence-corrected chi connectivity index (χ3v) is 8.79. The number of esters is 3. The number of allylic oxidation sites excluding steroid dienone is 1. The second kappa shape index (κ2) is 15.7. The smallest absolute Gasteiger partial charge is 0.339 e. The van der Waals surface area contributed by atoms with Crippen molar-refractivity contribution >= 4 is 29.8 Å². The Morgan fingerprint density at radius 2 is 1.26 bits per heavy atom. The SMILES string of the molecule is O=C(C=Cc1ccc(O)c(O)c1)OC1OC2COC(=O)c3cc(O)c(O)c(O)c3-c3c(cc(O)c(O)c3O)C(=O)OC2C(OC=CC(=O)c2ccc(O)c(O)c2)C1O. The number of rotatable bonds is 7. The number of ether oxygens (including phenoxy) is 5. The number of ketones is 1. The Kier molecular flexibility index (Phi) is 10.8. The van der Waals surface area contributed by atoms with Gasteiger partial charge in [-0.1, -0.05) is 6.07 Å². The summed E-state index contributed by atoms with van der Waals surface area (Å²) in [6.45, 7) is -0.962. The number of fused-ring (bicyclic) bond motifs is 4. The number of carbonyl (C=O) groups is 4. The normalized spacial score (nSPS) is 20.5. The predicted molar refractivity (Wildman–Crippen MR) is 189 cm³/mol. The lowest BCUT2D eigenvalue weighted by atomic mass is 9.92. The van der Waals surface area contributed by atoms with E-state index in [1.54, 1.807) is 0 Å². The largest absolute Gasteiger partial charge is 0.504 e. The van der Waals surface area contributed by atoms with Crippen LogP contribution in [-0.2, 0) is 28.5 Å². The summed E-state index contributed by atoms with van der Waals surface area (Å²) in [7, 11) is 0. The average molecular weight is 807 g/mol. The minimum atomic E-state index is -2.13. The van der Waals surface area contributed by atoms with Gasteiger partial charge >= 0.3 is 17.9 Å². The maximum Gasteiger partial charge on any atom is 0.339 e. The van der Waals surface area contributed by atoms with Crippen molar-refractivity contribution in [1.82, 2.24) is 0 Å². The minimum absolute atomic E-state index is 0.145. The minimum Gasteiger partial charge on any atom is -0.504 e. The van der Waals surface area contributed by atoms with Gasteiger partial charge in [0.05, 0.1) is 17.4 Å². The lowest BCUT2D eigenvalue weighted by Gasteiger charge is -2.42. The zero-order valence-corrected chi connectivity index (χ0v) is 29.1. The summed E-state index contributed by atoms with van der Waals surface area (Å²) in [5.41, 5.74) is -3.45. The molecule has 0 bridgehead atoms. The zero-order valence-electron chi connectivity index (χ0n) is 29.1. The van der Waals surface area contributed by atoms with Gasteiger partial charge in [0.2, 0.25) is 17.8 Å². The highest BCUT2D eigenvalue weighted by molar-refractivity contribution is 6.08. The highest BCUT2D eigenvalue weighted by atomic mass is 16.7. The monoisotopic (exact) mass is 806 g/mol. The lowest BCUT2D eigenvalue weighted by Crippen LogP contribution is -2.61. The molecule has 1 fully saturated rings. The molecule has 302 valence electrons. The lowest BCUT2D eigenvalue weighted by molar-refractivity contribution is -0.290. The van der Waals surface area contributed by atoms with Crippen LogP contribution in [0, 0.1) is 0 Å². The van der Waals surface area contributed by atoms with Crippen LogP contribution in [0.25, 0.3) is 17.2 Å². The number of hydrogen-bond acceptors (Lipinski definition) is 20.